The van der Waals surface area contributed by atoms with Crippen molar-refractivity contribution in [2.75, 3.05) is 25.1 Å². The third kappa shape index (κ3) is 3.15. The normalized spacial score (nSPS) is 35.9. The van der Waals surface area contributed by atoms with Crippen molar-refractivity contribution in [1.29, 1.82) is 0 Å². The van der Waals surface area contributed by atoms with Crippen molar-refractivity contribution < 1.29 is 29.0 Å². The standard InChI is InChI=1S/C22H27ClN2O6/c1-4-30-20(29)16-15-19(28)25(9-10-26)17(22(15)11-12(2)21(16,3)31-22)18(27)24-14-7-5-13(23)6-8-14/h5-8,12,15-17,26H,4,9-11H2,1-3H3,(H,24,27)/t12?,15-,16-,17?,21+,22?/m0/s1. The summed E-state index contributed by atoms with van der Waals surface area (Å²) in [7, 11) is 0. The highest BCUT2D eigenvalue weighted by atomic mass is 35.5. The summed E-state index contributed by atoms with van der Waals surface area (Å²) in [5, 5.41) is 13.0. The quantitative estimate of drug-likeness (QED) is 0.641. The molecular weight excluding hydrogens is 424 g/mol. The molecule has 31 heavy (non-hydrogen) atoms. The van der Waals surface area contributed by atoms with E-state index in [1.807, 2.05) is 13.8 Å². The van der Waals surface area contributed by atoms with Crippen LogP contribution in [0.25, 0.3) is 0 Å². The lowest BCUT2D eigenvalue weighted by Gasteiger charge is -2.35. The van der Waals surface area contributed by atoms with Gasteiger partial charge in [-0.25, -0.2) is 0 Å². The fourth-order valence-electron chi connectivity index (χ4n) is 5.72. The highest BCUT2D eigenvalue weighted by Crippen LogP contribution is 2.65. The van der Waals surface area contributed by atoms with Gasteiger partial charge in [-0.3, -0.25) is 14.4 Å². The van der Waals surface area contributed by atoms with Gasteiger partial charge in [-0.2, -0.15) is 0 Å². The largest absolute Gasteiger partial charge is 0.466 e. The SMILES string of the molecule is CCOC(=O)[C@@H]1[C@H]2C(=O)N(CCO)C(C(=O)Nc3ccc(Cl)cc3)C23CC(C)[C@@]1(C)O3. The summed E-state index contributed by atoms with van der Waals surface area (Å²) in [6, 6.07) is 5.67. The van der Waals surface area contributed by atoms with Gasteiger partial charge >= 0.3 is 5.97 Å². The number of aliphatic hydroxyl groups is 1. The molecule has 3 aliphatic rings. The molecule has 2 N–H and O–H groups in total. The molecule has 0 radical (unpaired) electrons. The van der Waals surface area contributed by atoms with Crippen molar-refractivity contribution in [2.24, 2.45) is 17.8 Å². The predicted octanol–water partition coefficient (Wildman–Crippen LogP) is 1.84. The molecule has 3 heterocycles. The zero-order valence-electron chi connectivity index (χ0n) is 17.8. The summed E-state index contributed by atoms with van der Waals surface area (Å²) in [5.41, 5.74) is -1.54. The van der Waals surface area contributed by atoms with Gasteiger partial charge in [-0.05, 0) is 50.5 Å². The van der Waals surface area contributed by atoms with Gasteiger partial charge in [0.05, 0.1) is 24.7 Å². The zero-order chi connectivity index (χ0) is 22.6. The van der Waals surface area contributed by atoms with Crippen molar-refractivity contribution in [1.82, 2.24) is 4.90 Å². The Balaban J connectivity index is 1.74. The van der Waals surface area contributed by atoms with Gasteiger partial charge < -0.3 is 24.8 Å². The third-order valence-corrected chi connectivity index (χ3v) is 7.31. The van der Waals surface area contributed by atoms with E-state index in [-0.39, 0.29) is 31.6 Å². The van der Waals surface area contributed by atoms with Crippen molar-refractivity contribution >= 4 is 35.1 Å². The van der Waals surface area contributed by atoms with E-state index in [1.54, 1.807) is 31.2 Å². The first-order valence-electron chi connectivity index (χ1n) is 10.5. The van der Waals surface area contributed by atoms with E-state index in [0.717, 1.165) is 0 Å². The first-order chi connectivity index (χ1) is 14.7. The molecular formula is C22H27ClN2O6. The maximum atomic E-state index is 13.5. The van der Waals surface area contributed by atoms with E-state index in [1.165, 1.54) is 4.90 Å². The fourth-order valence-corrected chi connectivity index (χ4v) is 5.85. The molecule has 1 spiro atoms. The third-order valence-electron chi connectivity index (χ3n) is 7.06. The summed E-state index contributed by atoms with van der Waals surface area (Å²) < 4.78 is 11.8. The first kappa shape index (κ1) is 22.0. The second-order valence-electron chi connectivity index (χ2n) is 8.71. The summed E-state index contributed by atoms with van der Waals surface area (Å²) in [4.78, 5) is 41.2. The molecule has 4 rings (SSSR count). The van der Waals surface area contributed by atoms with Crippen molar-refractivity contribution in [3.8, 4) is 0 Å². The number of amides is 2. The predicted molar refractivity (Wildman–Crippen MR) is 112 cm³/mol. The number of β-amino-alcohol motifs (C(OH)–C–C–N with tert-alkyl or cyclic N) is 1. The number of nitrogens with one attached hydrogen (secondary N) is 1. The van der Waals surface area contributed by atoms with Crippen LogP contribution in [0.4, 0.5) is 5.69 Å². The lowest BCUT2D eigenvalue weighted by molar-refractivity contribution is -0.161. The van der Waals surface area contributed by atoms with Crippen molar-refractivity contribution in [3.05, 3.63) is 29.3 Å². The van der Waals surface area contributed by atoms with Crippen molar-refractivity contribution in [2.45, 2.75) is 44.4 Å². The van der Waals surface area contributed by atoms with Crippen LogP contribution in [0.2, 0.25) is 5.02 Å². The van der Waals surface area contributed by atoms with E-state index in [0.29, 0.717) is 17.1 Å². The monoisotopic (exact) mass is 450 g/mol. The number of likely N-dealkylation sites (tertiary alicyclic amines) is 1. The van der Waals surface area contributed by atoms with Gasteiger partial charge in [0, 0.05) is 17.3 Å². The number of rotatable bonds is 6. The van der Waals surface area contributed by atoms with Crippen LogP contribution in [-0.2, 0) is 23.9 Å². The lowest BCUT2D eigenvalue weighted by atomic mass is 9.62. The molecule has 6 atom stereocenters. The number of carbonyl (C=O) groups excluding carboxylic acids is 3. The molecule has 3 saturated heterocycles. The number of anilines is 1. The number of aliphatic hydroxyl groups excluding tert-OH is 1. The molecule has 3 unspecified atom stereocenters. The Labute approximate surface area is 185 Å². The van der Waals surface area contributed by atoms with Crippen LogP contribution in [0.3, 0.4) is 0 Å². The molecule has 2 bridgehead atoms. The van der Waals surface area contributed by atoms with Crippen LogP contribution in [0.15, 0.2) is 24.3 Å². The number of hydrogen-bond acceptors (Lipinski definition) is 6. The zero-order valence-corrected chi connectivity index (χ0v) is 18.5. The number of ether oxygens (including phenoxy) is 2. The van der Waals surface area contributed by atoms with Crippen LogP contribution in [0.5, 0.6) is 0 Å². The number of fused-ring (bicyclic) bond motifs is 1. The molecule has 0 aromatic heterocycles. The Morgan fingerprint density at radius 1 is 1.35 bits per heavy atom. The topological polar surface area (TPSA) is 105 Å². The van der Waals surface area contributed by atoms with E-state index in [2.05, 4.69) is 5.32 Å². The Hall–Kier alpha value is -2.16. The van der Waals surface area contributed by atoms with Crippen LogP contribution >= 0.6 is 11.6 Å². The van der Waals surface area contributed by atoms with Gasteiger partial charge in [0.1, 0.15) is 17.6 Å². The smallest absolute Gasteiger partial charge is 0.312 e. The number of hydrogen-bond donors (Lipinski definition) is 2. The molecule has 3 fully saturated rings. The average molecular weight is 451 g/mol. The van der Waals surface area contributed by atoms with Gasteiger partial charge in [0.15, 0.2) is 0 Å². The van der Waals surface area contributed by atoms with Gasteiger partial charge in [0.2, 0.25) is 11.8 Å². The van der Waals surface area contributed by atoms with Crippen LogP contribution in [0.1, 0.15) is 27.2 Å². The number of esters is 1. The molecule has 2 amide bonds. The van der Waals surface area contributed by atoms with Crippen molar-refractivity contribution in [3.63, 3.8) is 0 Å². The van der Waals surface area contributed by atoms with Crippen LogP contribution in [0, 0.1) is 17.8 Å². The number of nitrogens with zero attached hydrogens (tertiary/aromatic N) is 1. The Bertz CT molecular complexity index is 908. The Morgan fingerprint density at radius 2 is 2.03 bits per heavy atom. The number of halogens is 1. The Kier molecular flexibility index (Phi) is 5.52. The average Bonchev–Trinajstić information content (AvgIpc) is 3.22. The molecule has 0 aliphatic carbocycles. The molecule has 168 valence electrons. The Morgan fingerprint density at radius 3 is 2.65 bits per heavy atom. The molecule has 1 aromatic rings. The highest BCUT2D eigenvalue weighted by Gasteiger charge is 2.80. The minimum absolute atomic E-state index is 0.0280. The van der Waals surface area contributed by atoms with E-state index in [9.17, 15) is 19.5 Å². The summed E-state index contributed by atoms with van der Waals surface area (Å²) in [5.74, 6) is -2.98. The van der Waals surface area contributed by atoms with E-state index in [4.69, 9.17) is 21.1 Å². The highest BCUT2D eigenvalue weighted by molar-refractivity contribution is 6.30. The van der Waals surface area contributed by atoms with Crippen LogP contribution in [-0.4, -0.2) is 64.8 Å². The second kappa shape index (κ2) is 7.76. The summed E-state index contributed by atoms with van der Waals surface area (Å²) >= 11 is 5.93. The lowest BCUT2D eigenvalue weighted by Crippen LogP contribution is -2.54. The minimum atomic E-state index is -1.16. The maximum absolute atomic E-state index is 13.5. The number of benzene rings is 1. The van der Waals surface area contributed by atoms with E-state index >= 15 is 0 Å². The summed E-state index contributed by atoms with van der Waals surface area (Å²) in [6.07, 6.45) is 0.455. The summed E-state index contributed by atoms with van der Waals surface area (Å²) in [6.45, 7) is 5.35. The van der Waals surface area contributed by atoms with E-state index < -0.39 is 41.0 Å². The minimum Gasteiger partial charge on any atom is -0.466 e. The van der Waals surface area contributed by atoms with Gasteiger partial charge in [0.25, 0.3) is 0 Å². The molecule has 8 nitrogen and oxygen atoms in total. The first-order valence-corrected chi connectivity index (χ1v) is 10.9. The fraction of sp³-hybridized carbons (Fsp3) is 0.591. The maximum Gasteiger partial charge on any atom is 0.312 e. The molecule has 0 saturated carbocycles. The van der Waals surface area contributed by atoms with Crippen LogP contribution < -0.4 is 5.32 Å². The molecule has 1 aromatic carbocycles. The molecule has 9 heteroatoms. The van der Waals surface area contributed by atoms with Gasteiger partial charge in [-0.1, -0.05) is 18.5 Å². The molecule has 3 aliphatic heterocycles. The second-order valence-corrected chi connectivity index (χ2v) is 9.14. The number of carbonyl (C=O) groups is 3. The van der Waals surface area contributed by atoms with Gasteiger partial charge in [-0.15, -0.1) is 0 Å².